The van der Waals surface area contributed by atoms with Gasteiger partial charge in [0.25, 0.3) is 0 Å². The van der Waals surface area contributed by atoms with E-state index in [1.807, 2.05) is 0 Å². The van der Waals surface area contributed by atoms with Crippen LogP contribution in [0, 0.1) is 0 Å². The van der Waals surface area contributed by atoms with E-state index < -0.39 is 11.6 Å². The molecule has 1 saturated heterocycles. The zero-order chi connectivity index (χ0) is 19.0. The third-order valence-corrected chi connectivity index (χ3v) is 5.00. The van der Waals surface area contributed by atoms with Gasteiger partial charge >= 0.3 is 0 Å². The molecule has 0 saturated carbocycles. The van der Waals surface area contributed by atoms with E-state index in [9.17, 15) is 19.8 Å². The highest BCUT2D eigenvalue weighted by Gasteiger charge is 2.35. The number of phenols is 2. The molecule has 0 radical (unpaired) electrons. The largest absolute Gasteiger partial charge is 0.507 e. The van der Waals surface area contributed by atoms with Gasteiger partial charge in [0.2, 0.25) is 0 Å². The number of hydrogen-bond acceptors (Lipinski definition) is 7. The first kappa shape index (κ1) is 17.5. The minimum atomic E-state index is -0.470. The maximum atomic E-state index is 13.0. The number of ether oxygens (including phenoxy) is 1. The van der Waals surface area contributed by atoms with E-state index in [0.717, 1.165) is 19.6 Å². The predicted molar refractivity (Wildman–Crippen MR) is 98.8 cm³/mol. The van der Waals surface area contributed by atoms with Crippen LogP contribution >= 0.6 is 0 Å². The fourth-order valence-corrected chi connectivity index (χ4v) is 3.61. The van der Waals surface area contributed by atoms with E-state index in [1.54, 1.807) is 18.2 Å². The zero-order valence-corrected chi connectivity index (χ0v) is 14.7. The van der Waals surface area contributed by atoms with Crippen molar-refractivity contribution in [1.29, 1.82) is 0 Å². The number of aromatic hydroxyl groups is 2. The minimum absolute atomic E-state index is 0.141. The maximum absolute atomic E-state index is 13.0. The maximum Gasteiger partial charge on any atom is 0.200 e. The standard InChI is InChI=1S/C20H20N2O5/c23-14-4-5-15(24)18-17(14)19(25)12-2-1-3-13(16(12)20(18)26)21-6-7-22-8-10-27-11-9-22/h1-5,21,23-24H,6-11H2. The van der Waals surface area contributed by atoms with E-state index in [4.69, 9.17) is 4.74 Å². The Balaban J connectivity index is 1.63. The summed E-state index contributed by atoms with van der Waals surface area (Å²) in [5.74, 6) is -1.56. The van der Waals surface area contributed by atoms with E-state index in [2.05, 4.69) is 10.2 Å². The number of anilines is 1. The molecule has 0 bridgehead atoms. The number of rotatable bonds is 4. The lowest BCUT2D eigenvalue weighted by Crippen LogP contribution is -2.39. The van der Waals surface area contributed by atoms with Crippen LogP contribution in [0.3, 0.4) is 0 Å². The van der Waals surface area contributed by atoms with Crippen molar-refractivity contribution < 1.29 is 24.5 Å². The molecule has 2 aliphatic rings. The number of carbonyl (C=O) groups is 2. The molecular formula is C20H20N2O5. The third kappa shape index (κ3) is 3.05. The van der Waals surface area contributed by atoms with E-state index in [0.29, 0.717) is 25.4 Å². The fourth-order valence-electron chi connectivity index (χ4n) is 3.61. The summed E-state index contributed by atoms with van der Waals surface area (Å²) in [6.45, 7) is 4.56. The number of ketones is 2. The molecule has 7 nitrogen and oxygen atoms in total. The molecule has 140 valence electrons. The molecule has 0 spiro atoms. The Morgan fingerprint density at radius 3 is 2.30 bits per heavy atom. The van der Waals surface area contributed by atoms with E-state index in [1.165, 1.54) is 12.1 Å². The van der Waals surface area contributed by atoms with E-state index >= 15 is 0 Å². The van der Waals surface area contributed by atoms with Crippen LogP contribution in [-0.2, 0) is 4.74 Å². The van der Waals surface area contributed by atoms with Crippen molar-refractivity contribution in [2.24, 2.45) is 0 Å². The second-order valence-electron chi connectivity index (χ2n) is 6.62. The molecule has 0 atom stereocenters. The summed E-state index contributed by atoms with van der Waals surface area (Å²) in [4.78, 5) is 28.1. The van der Waals surface area contributed by atoms with Crippen molar-refractivity contribution in [3.05, 3.63) is 52.6 Å². The van der Waals surface area contributed by atoms with Crippen LogP contribution in [0.2, 0.25) is 0 Å². The topological polar surface area (TPSA) is 99.1 Å². The summed E-state index contributed by atoms with van der Waals surface area (Å²) < 4.78 is 5.33. The van der Waals surface area contributed by atoms with Crippen LogP contribution in [0.5, 0.6) is 11.5 Å². The second-order valence-corrected chi connectivity index (χ2v) is 6.62. The normalized spacial score (nSPS) is 16.7. The SMILES string of the molecule is O=C1c2cccc(NCCN3CCOCC3)c2C(=O)c2c(O)ccc(O)c21. The number of benzene rings is 2. The summed E-state index contributed by atoms with van der Waals surface area (Å²) >= 11 is 0. The van der Waals surface area contributed by atoms with Gasteiger partial charge in [-0.25, -0.2) is 0 Å². The number of hydrogen-bond donors (Lipinski definition) is 3. The fraction of sp³-hybridized carbons (Fsp3) is 0.300. The third-order valence-electron chi connectivity index (χ3n) is 5.00. The minimum Gasteiger partial charge on any atom is -0.507 e. The zero-order valence-electron chi connectivity index (χ0n) is 14.7. The van der Waals surface area contributed by atoms with Crippen molar-refractivity contribution in [3.63, 3.8) is 0 Å². The molecule has 0 amide bonds. The smallest absolute Gasteiger partial charge is 0.200 e. The molecule has 1 aliphatic heterocycles. The molecule has 1 fully saturated rings. The number of carbonyl (C=O) groups excluding carboxylic acids is 2. The number of nitrogens with zero attached hydrogens (tertiary/aromatic N) is 1. The van der Waals surface area contributed by atoms with Crippen LogP contribution in [0.15, 0.2) is 30.3 Å². The van der Waals surface area contributed by atoms with Gasteiger partial charge < -0.3 is 20.3 Å². The van der Waals surface area contributed by atoms with Gasteiger partial charge in [-0.2, -0.15) is 0 Å². The van der Waals surface area contributed by atoms with E-state index in [-0.39, 0.29) is 33.8 Å². The van der Waals surface area contributed by atoms with Crippen LogP contribution in [-0.4, -0.2) is 66.1 Å². The summed E-state index contributed by atoms with van der Waals surface area (Å²) in [5.41, 5.74) is 0.725. The molecule has 4 rings (SSSR count). The highest BCUT2D eigenvalue weighted by atomic mass is 16.5. The summed E-state index contributed by atoms with van der Waals surface area (Å²) in [6, 6.07) is 7.45. The number of phenolic OH excluding ortho intramolecular Hbond substituents is 2. The molecule has 1 aliphatic carbocycles. The van der Waals surface area contributed by atoms with Crippen molar-refractivity contribution in [2.75, 3.05) is 44.7 Å². The number of nitrogens with one attached hydrogen (secondary N) is 1. The predicted octanol–water partition coefficient (Wildman–Crippen LogP) is 1.62. The van der Waals surface area contributed by atoms with Gasteiger partial charge in [-0.3, -0.25) is 14.5 Å². The molecule has 0 unspecified atom stereocenters. The lowest BCUT2D eigenvalue weighted by Gasteiger charge is -2.27. The second kappa shape index (κ2) is 7.02. The van der Waals surface area contributed by atoms with Gasteiger partial charge in [0.05, 0.1) is 29.9 Å². The van der Waals surface area contributed by atoms with Crippen molar-refractivity contribution in [3.8, 4) is 11.5 Å². The van der Waals surface area contributed by atoms with Gasteiger partial charge in [0, 0.05) is 37.4 Å². The molecular weight excluding hydrogens is 348 g/mol. The van der Waals surface area contributed by atoms with Crippen LogP contribution < -0.4 is 5.32 Å². The number of fused-ring (bicyclic) bond motifs is 2. The summed E-state index contributed by atoms with van der Waals surface area (Å²) in [7, 11) is 0. The van der Waals surface area contributed by atoms with Crippen molar-refractivity contribution >= 4 is 17.3 Å². The highest BCUT2D eigenvalue weighted by Crippen LogP contribution is 2.39. The lowest BCUT2D eigenvalue weighted by atomic mass is 9.82. The Morgan fingerprint density at radius 2 is 1.59 bits per heavy atom. The average Bonchev–Trinajstić information content (AvgIpc) is 2.68. The van der Waals surface area contributed by atoms with Gasteiger partial charge in [0.1, 0.15) is 11.5 Å². The monoisotopic (exact) mass is 368 g/mol. The van der Waals surface area contributed by atoms with Gasteiger partial charge in [-0.05, 0) is 18.2 Å². The molecule has 3 N–H and O–H groups in total. The molecule has 0 aromatic heterocycles. The highest BCUT2D eigenvalue weighted by molar-refractivity contribution is 6.31. The van der Waals surface area contributed by atoms with Gasteiger partial charge in [0.15, 0.2) is 11.6 Å². The molecule has 1 heterocycles. The Hall–Kier alpha value is -2.90. The molecule has 2 aromatic carbocycles. The lowest BCUT2D eigenvalue weighted by molar-refractivity contribution is 0.0398. The van der Waals surface area contributed by atoms with Crippen LogP contribution in [0.25, 0.3) is 0 Å². The number of morpholine rings is 1. The Morgan fingerprint density at radius 1 is 0.926 bits per heavy atom. The first-order valence-electron chi connectivity index (χ1n) is 8.89. The molecule has 7 heteroatoms. The first-order valence-corrected chi connectivity index (χ1v) is 8.89. The van der Waals surface area contributed by atoms with Gasteiger partial charge in [-0.1, -0.05) is 12.1 Å². The Kier molecular flexibility index (Phi) is 4.55. The van der Waals surface area contributed by atoms with Crippen LogP contribution in [0.4, 0.5) is 5.69 Å². The van der Waals surface area contributed by atoms with Crippen LogP contribution in [0.1, 0.15) is 31.8 Å². The first-order chi connectivity index (χ1) is 13.1. The average molecular weight is 368 g/mol. The van der Waals surface area contributed by atoms with Gasteiger partial charge in [-0.15, -0.1) is 0 Å². The molecule has 2 aromatic rings. The summed E-state index contributed by atoms with van der Waals surface area (Å²) in [6.07, 6.45) is 0. The Bertz CT molecular complexity index is 919. The summed E-state index contributed by atoms with van der Waals surface area (Å²) in [5, 5.41) is 23.4. The van der Waals surface area contributed by atoms with Crippen molar-refractivity contribution in [2.45, 2.75) is 0 Å². The molecule has 27 heavy (non-hydrogen) atoms. The van der Waals surface area contributed by atoms with Crippen molar-refractivity contribution in [1.82, 2.24) is 4.90 Å². The Labute approximate surface area is 156 Å². The quantitative estimate of drug-likeness (QED) is 0.602.